The van der Waals surface area contributed by atoms with Crippen LogP contribution in [0.25, 0.3) is 0 Å². The van der Waals surface area contributed by atoms with Crippen LogP contribution in [0.1, 0.15) is 48.2 Å². The van der Waals surface area contributed by atoms with Crippen LogP contribution >= 0.6 is 0 Å². The summed E-state index contributed by atoms with van der Waals surface area (Å²) in [5, 5.41) is 5.01. The van der Waals surface area contributed by atoms with Crippen molar-refractivity contribution >= 4 is 23.4 Å². The van der Waals surface area contributed by atoms with Crippen LogP contribution in [0.5, 0.6) is 5.75 Å². The number of nitrogens with one attached hydrogen (secondary N) is 2. The fourth-order valence-corrected chi connectivity index (χ4v) is 6.10. The van der Waals surface area contributed by atoms with Gasteiger partial charge in [0.05, 0.1) is 18.2 Å². The summed E-state index contributed by atoms with van der Waals surface area (Å²) in [7, 11) is 1.44. The molecule has 4 aromatic rings. The number of carbonyl (C=O) groups is 2. The van der Waals surface area contributed by atoms with Gasteiger partial charge in [0.2, 0.25) is 0 Å². The smallest absolute Gasteiger partial charge is 0.416 e. The van der Waals surface area contributed by atoms with E-state index in [9.17, 15) is 40.3 Å². The summed E-state index contributed by atoms with van der Waals surface area (Å²) in [6.07, 6.45) is -6.26. The third-order valence-corrected chi connectivity index (χ3v) is 9.21. The first-order valence-corrected chi connectivity index (χ1v) is 16.9. The largest absolute Gasteiger partial charge is 0.495 e. The molecule has 0 atom stereocenters. The number of carbonyl (C=O) groups excluding carboxylic acids is 2. The van der Waals surface area contributed by atoms with Crippen molar-refractivity contribution in [3.63, 3.8) is 0 Å². The molecule has 2 saturated heterocycles. The standard InChI is InChI=1S/C19H19F4N3O2.C18H16F5N3O/c1-28-15-3-2-10-24-16(15)18(20)8-11-26(12-9-18)17(27)25-14-6-4-13(5-7-14)19(21,22)23;19-14-2-1-9-24-15(14)17(20)7-10-26(11-8-17)16(27)25-13-5-3-12(4-6-13)18(21,22)23/h2-7,10H,8-9,11-12H2,1H3,(H,25,27);1-6,9H,7-8,10-11H2,(H,25,27). The van der Waals surface area contributed by atoms with Crippen molar-refractivity contribution in [2.24, 2.45) is 0 Å². The second-order valence-corrected chi connectivity index (χ2v) is 12.8. The van der Waals surface area contributed by atoms with Crippen molar-refractivity contribution < 1.29 is 53.8 Å². The highest BCUT2D eigenvalue weighted by Gasteiger charge is 2.42. The molecular formula is C37H35F9N6O3. The molecule has 0 saturated carbocycles. The number of urea groups is 2. The Morgan fingerprint density at radius 3 is 1.40 bits per heavy atom. The molecule has 2 aromatic carbocycles. The number of likely N-dealkylation sites (tertiary alicyclic amines) is 2. The van der Waals surface area contributed by atoms with Crippen molar-refractivity contribution in [1.29, 1.82) is 0 Å². The van der Waals surface area contributed by atoms with Gasteiger partial charge in [-0.2, -0.15) is 26.3 Å². The summed E-state index contributed by atoms with van der Waals surface area (Å²) in [6, 6.07) is 12.9. The third-order valence-electron chi connectivity index (χ3n) is 9.21. The molecule has 6 rings (SSSR count). The lowest BCUT2D eigenvalue weighted by atomic mass is 9.89. The van der Waals surface area contributed by atoms with Crippen LogP contribution < -0.4 is 15.4 Å². The lowest BCUT2D eigenvalue weighted by molar-refractivity contribution is -0.138. The molecule has 0 spiro atoms. The first-order valence-electron chi connectivity index (χ1n) is 16.9. The number of hydrogen-bond acceptors (Lipinski definition) is 5. The topological polar surface area (TPSA) is 99.7 Å². The normalized spacial score (nSPS) is 16.7. The molecule has 0 unspecified atom stereocenters. The van der Waals surface area contributed by atoms with Crippen LogP contribution in [0.3, 0.4) is 0 Å². The molecule has 2 aliphatic rings. The number of hydrogen-bond donors (Lipinski definition) is 2. The van der Waals surface area contributed by atoms with Gasteiger partial charge >= 0.3 is 24.4 Å². The molecule has 4 amide bonds. The third kappa shape index (κ3) is 9.96. The van der Waals surface area contributed by atoms with Crippen molar-refractivity contribution in [1.82, 2.24) is 19.8 Å². The van der Waals surface area contributed by atoms with E-state index in [1.54, 1.807) is 12.1 Å². The lowest BCUT2D eigenvalue weighted by Crippen LogP contribution is -2.45. The number of halogens is 9. The summed E-state index contributed by atoms with van der Waals surface area (Å²) >= 11 is 0. The fraction of sp³-hybridized carbons (Fsp3) is 0.351. The number of nitrogens with zero attached hydrogens (tertiary/aromatic N) is 4. The Balaban J connectivity index is 0.000000211. The predicted octanol–water partition coefficient (Wildman–Crippen LogP) is 9.33. The van der Waals surface area contributed by atoms with E-state index in [1.807, 2.05) is 0 Å². The maximum atomic E-state index is 15.4. The number of anilines is 2. The molecule has 0 bridgehead atoms. The van der Waals surface area contributed by atoms with Crippen LogP contribution in [0.15, 0.2) is 85.2 Å². The zero-order valence-electron chi connectivity index (χ0n) is 29.2. The summed E-state index contributed by atoms with van der Waals surface area (Å²) in [5.41, 5.74) is -4.92. The van der Waals surface area contributed by atoms with Crippen LogP contribution in [-0.2, 0) is 23.7 Å². The maximum absolute atomic E-state index is 15.4. The van der Waals surface area contributed by atoms with Gasteiger partial charge in [0.1, 0.15) is 23.0 Å². The molecule has 0 aliphatic carbocycles. The first kappa shape index (κ1) is 40.6. The Labute approximate surface area is 309 Å². The molecule has 0 radical (unpaired) electrons. The minimum atomic E-state index is -4.46. The molecule has 2 aromatic heterocycles. The highest BCUT2D eigenvalue weighted by Crippen LogP contribution is 2.41. The van der Waals surface area contributed by atoms with Gasteiger partial charge in [-0.1, -0.05) is 0 Å². The summed E-state index contributed by atoms with van der Waals surface area (Å²) in [4.78, 5) is 35.2. The Morgan fingerprint density at radius 2 is 1.02 bits per heavy atom. The Bertz CT molecular complexity index is 1930. The van der Waals surface area contributed by atoms with Gasteiger partial charge in [-0.3, -0.25) is 9.97 Å². The van der Waals surface area contributed by atoms with Crippen LogP contribution in [0, 0.1) is 5.82 Å². The second kappa shape index (κ2) is 16.4. The van der Waals surface area contributed by atoms with E-state index in [4.69, 9.17) is 4.74 Å². The van der Waals surface area contributed by atoms with Crippen molar-refractivity contribution in [2.45, 2.75) is 49.4 Å². The number of pyridine rings is 2. The molecule has 18 heteroatoms. The van der Waals surface area contributed by atoms with Gasteiger partial charge in [-0.15, -0.1) is 0 Å². The van der Waals surface area contributed by atoms with Gasteiger partial charge in [-0.25, -0.2) is 22.8 Å². The summed E-state index contributed by atoms with van der Waals surface area (Å²) < 4.78 is 125. The highest BCUT2D eigenvalue weighted by atomic mass is 19.4. The van der Waals surface area contributed by atoms with Crippen LogP contribution in [0.4, 0.5) is 60.5 Å². The van der Waals surface area contributed by atoms with E-state index >= 15 is 8.78 Å². The quantitative estimate of drug-likeness (QED) is 0.197. The van der Waals surface area contributed by atoms with E-state index in [0.717, 1.165) is 42.5 Å². The highest BCUT2D eigenvalue weighted by molar-refractivity contribution is 5.90. The SMILES string of the molecule is COc1cccnc1C1(F)CCN(C(=O)Nc2ccc(C(F)(F)F)cc2)CC1.O=C(Nc1ccc(C(F)(F)F)cc1)N1CCC(F)(c2ncccc2F)CC1. The zero-order chi connectivity index (χ0) is 40.0. The molecule has 9 nitrogen and oxygen atoms in total. The van der Waals surface area contributed by atoms with E-state index in [0.29, 0.717) is 5.75 Å². The average molecular weight is 783 g/mol. The number of piperidine rings is 2. The number of aromatic nitrogens is 2. The van der Waals surface area contributed by atoms with Crippen LogP contribution in [-0.4, -0.2) is 65.1 Å². The molecule has 294 valence electrons. The van der Waals surface area contributed by atoms with E-state index < -0.39 is 52.7 Å². The lowest BCUT2D eigenvalue weighted by Gasteiger charge is -2.36. The first-order chi connectivity index (χ1) is 25.9. The number of rotatable bonds is 5. The van der Waals surface area contributed by atoms with Crippen molar-refractivity contribution in [3.05, 3.63) is 114 Å². The summed E-state index contributed by atoms with van der Waals surface area (Å²) in [6.45, 7) is 0.337. The van der Waals surface area contributed by atoms with Crippen molar-refractivity contribution in [2.75, 3.05) is 43.9 Å². The fourth-order valence-electron chi connectivity index (χ4n) is 6.10. The van der Waals surface area contributed by atoms with Gasteiger partial charge in [-0.05, 0) is 72.8 Å². The maximum Gasteiger partial charge on any atom is 0.416 e. The second-order valence-electron chi connectivity index (χ2n) is 12.8. The van der Waals surface area contributed by atoms with Gasteiger partial charge in [0, 0.05) is 75.6 Å². The molecule has 4 heterocycles. The minimum absolute atomic E-state index is 0.0268. The van der Waals surface area contributed by atoms with Crippen molar-refractivity contribution in [3.8, 4) is 5.75 Å². The number of amides is 4. The zero-order valence-corrected chi connectivity index (χ0v) is 29.2. The van der Waals surface area contributed by atoms with E-state index in [-0.39, 0.29) is 74.6 Å². The number of alkyl halides is 8. The number of methoxy groups -OCH3 is 1. The van der Waals surface area contributed by atoms with Gasteiger partial charge in [0.15, 0.2) is 11.3 Å². The van der Waals surface area contributed by atoms with Gasteiger partial charge in [0.25, 0.3) is 0 Å². The molecule has 55 heavy (non-hydrogen) atoms. The van der Waals surface area contributed by atoms with E-state index in [1.165, 1.54) is 47.5 Å². The Hall–Kier alpha value is -5.55. The van der Waals surface area contributed by atoms with Crippen LogP contribution in [0.2, 0.25) is 0 Å². The number of ether oxygens (including phenoxy) is 1. The number of benzene rings is 2. The summed E-state index contributed by atoms with van der Waals surface area (Å²) in [5.74, 6) is -0.379. The molecule has 2 fully saturated rings. The average Bonchev–Trinajstić information content (AvgIpc) is 3.15. The monoisotopic (exact) mass is 782 g/mol. The van der Waals surface area contributed by atoms with E-state index in [2.05, 4.69) is 20.6 Å². The Morgan fingerprint density at radius 1 is 0.636 bits per heavy atom. The predicted molar refractivity (Wildman–Crippen MR) is 183 cm³/mol. The van der Waals surface area contributed by atoms with Gasteiger partial charge < -0.3 is 25.2 Å². The minimum Gasteiger partial charge on any atom is -0.495 e. The molecule has 2 N–H and O–H groups in total. The molecule has 2 aliphatic heterocycles. The Kier molecular flexibility index (Phi) is 12.1. The molecular weight excluding hydrogens is 747 g/mol.